The smallest absolute Gasteiger partial charge is 0.242 e. The molecule has 198 valence electrons. The lowest BCUT2D eigenvalue weighted by molar-refractivity contribution is -0.140. The van der Waals surface area contributed by atoms with Gasteiger partial charge in [-0.3, -0.25) is 13.9 Å². The standard InChI is InChI=1S/C27H38ClN3O4S/c1-7-21(4)29-27(33)22(5)30(18-23-10-8-11-24(28)17-23)26(32)12-9-15-31(36(6,34)35)25-14-13-19(2)20(3)16-25/h8,10-11,13-14,16-17,21-22H,7,9,12,15,18H2,1-6H3,(H,29,33)/t21-,22-/m1/s1. The Labute approximate surface area is 220 Å². The predicted molar refractivity (Wildman–Crippen MR) is 147 cm³/mol. The number of anilines is 1. The second kappa shape index (κ2) is 13.1. The summed E-state index contributed by atoms with van der Waals surface area (Å²) in [6.45, 7) is 9.89. The van der Waals surface area contributed by atoms with E-state index in [1.807, 2.05) is 45.9 Å². The van der Waals surface area contributed by atoms with E-state index in [2.05, 4.69) is 5.32 Å². The summed E-state index contributed by atoms with van der Waals surface area (Å²) in [7, 11) is -3.54. The van der Waals surface area contributed by atoms with Gasteiger partial charge < -0.3 is 10.2 Å². The van der Waals surface area contributed by atoms with Gasteiger partial charge in [-0.15, -0.1) is 0 Å². The molecule has 0 bridgehead atoms. The van der Waals surface area contributed by atoms with E-state index in [9.17, 15) is 18.0 Å². The molecule has 2 aromatic rings. The minimum Gasteiger partial charge on any atom is -0.352 e. The number of sulfonamides is 1. The molecular weight excluding hydrogens is 498 g/mol. The van der Waals surface area contributed by atoms with Crippen LogP contribution in [0.5, 0.6) is 0 Å². The van der Waals surface area contributed by atoms with Gasteiger partial charge in [0.25, 0.3) is 0 Å². The largest absolute Gasteiger partial charge is 0.352 e. The third-order valence-corrected chi connectivity index (χ3v) is 7.77. The normalized spacial score (nSPS) is 13.1. The highest BCUT2D eigenvalue weighted by atomic mass is 35.5. The molecule has 0 radical (unpaired) electrons. The van der Waals surface area contributed by atoms with Crippen molar-refractivity contribution in [2.75, 3.05) is 17.1 Å². The monoisotopic (exact) mass is 535 g/mol. The Kier molecular flexibility index (Phi) is 10.8. The SMILES string of the molecule is CC[C@@H](C)NC(=O)[C@@H](C)N(Cc1cccc(Cl)c1)C(=O)CCCN(c1ccc(C)c(C)c1)S(C)(=O)=O. The van der Waals surface area contributed by atoms with Gasteiger partial charge in [0.05, 0.1) is 11.9 Å². The first kappa shape index (κ1) is 29.6. The lowest BCUT2D eigenvalue weighted by Crippen LogP contribution is -2.49. The number of rotatable bonds is 12. The molecule has 7 nitrogen and oxygen atoms in total. The van der Waals surface area contributed by atoms with E-state index in [1.165, 1.54) is 9.21 Å². The average molecular weight is 536 g/mol. The number of benzene rings is 2. The van der Waals surface area contributed by atoms with Gasteiger partial charge in [0.1, 0.15) is 6.04 Å². The highest BCUT2D eigenvalue weighted by molar-refractivity contribution is 7.92. The van der Waals surface area contributed by atoms with E-state index in [-0.39, 0.29) is 37.4 Å². The number of amides is 2. The van der Waals surface area contributed by atoms with Crippen LogP contribution in [0.25, 0.3) is 0 Å². The number of carbonyl (C=O) groups excluding carboxylic acids is 2. The fourth-order valence-corrected chi connectivity index (χ4v) is 4.93. The van der Waals surface area contributed by atoms with Crippen LogP contribution >= 0.6 is 11.6 Å². The van der Waals surface area contributed by atoms with Gasteiger partial charge in [-0.1, -0.05) is 36.7 Å². The summed E-state index contributed by atoms with van der Waals surface area (Å²) >= 11 is 6.13. The van der Waals surface area contributed by atoms with Crippen LogP contribution in [0.4, 0.5) is 5.69 Å². The van der Waals surface area contributed by atoms with Gasteiger partial charge in [0, 0.05) is 30.6 Å². The van der Waals surface area contributed by atoms with Gasteiger partial charge in [-0.25, -0.2) is 8.42 Å². The van der Waals surface area contributed by atoms with Crippen molar-refractivity contribution in [1.82, 2.24) is 10.2 Å². The fourth-order valence-electron chi connectivity index (χ4n) is 3.76. The zero-order valence-corrected chi connectivity index (χ0v) is 23.6. The Morgan fingerprint density at radius 3 is 2.33 bits per heavy atom. The molecule has 0 saturated carbocycles. The van der Waals surface area contributed by atoms with Crippen molar-refractivity contribution in [1.29, 1.82) is 0 Å². The molecule has 0 aliphatic heterocycles. The van der Waals surface area contributed by atoms with Gasteiger partial charge in [0.2, 0.25) is 21.8 Å². The summed E-state index contributed by atoms with van der Waals surface area (Å²) in [6, 6.07) is 12.0. The molecule has 2 rings (SSSR count). The molecule has 0 fully saturated rings. The maximum Gasteiger partial charge on any atom is 0.242 e. The number of hydrogen-bond donors (Lipinski definition) is 1. The Hall–Kier alpha value is -2.58. The quantitative estimate of drug-likeness (QED) is 0.421. The van der Waals surface area contributed by atoms with Gasteiger partial charge in [0.15, 0.2) is 0 Å². The van der Waals surface area contributed by atoms with Crippen molar-refractivity contribution in [3.8, 4) is 0 Å². The average Bonchev–Trinajstić information content (AvgIpc) is 2.80. The zero-order chi connectivity index (χ0) is 27.0. The van der Waals surface area contributed by atoms with Crippen LogP contribution in [-0.4, -0.2) is 50.0 Å². The van der Waals surface area contributed by atoms with E-state index in [0.717, 1.165) is 29.4 Å². The molecule has 0 saturated heterocycles. The molecule has 36 heavy (non-hydrogen) atoms. The van der Waals surface area contributed by atoms with Gasteiger partial charge in [-0.2, -0.15) is 0 Å². The van der Waals surface area contributed by atoms with Crippen LogP contribution in [0.2, 0.25) is 5.02 Å². The number of carbonyl (C=O) groups is 2. The van der Waals surface area contributed by atoms with E-state index >= 15 is 0 Å². The van der Waals surface area contributed by atoms with Crippen molar-refractivity contribution in [3.05, 3.63) is 64.2 Å². The van der Waals surface area contributed by atoms with E-state index in [0.29, 0.717) is 17.1 Å². The number of aryl methyl sites for hydroxylation is 2. The van der Waals surface area contributed by atoms with Gasteiger partial charge in [-0.05, 0) is 81.5 Å². The Balaban J connectivity index is 2.19. The summed E-state index contributed by atoms with van der Waals surface area (Å²) in [6.07, 6.45) is 2.35. The first-order valence-electron chi connectivity index (χ1n) is 12.2. The van der Waals surface area contributed by atoms with E-state index in [4.69, 9.17) is 11.6 Å². The summed E-state index contributed by atoms with van der Waals surface area (Å²) in [4.78, 5) is 27.7. The predicted octanol–water partition coefficient (Wildman–Crippen LogP) is 4.84. The van der Waals surface area contributed by atoms with Crippen molar-refractivity contribution in [3.63, 3.8) is 0 Å². The minimum atomic E-state index is -3.54. The summed E-state index contributed by atoms with van der Waals surface area (Å²) in [5, 5.41) is 3.49. The molecule has 9 heteroatoms. The molecular formula is C27H38ClN3O4S. The second-order valence-corrected chi connectivity index (χ2v) is 11.7. The Bertz CT molecular complexity index is 1170. The first-order valence-corrected chi connectivity index (χ1v) is 14.4. The Morgan fingerprint density at radius 1 is 1.06 bits per heavy atom. The van der Waals surface area contributed by atoms with Gasteiger partial charge >= 0.3 is 0 Å². The summed E-state index contributed by atoms with van der Waals surface area (Å²) in [5.41, 5.74) is 3.45. The van der Waals surface area contributed by atoms with Crippen molar-refractivity contribution in [2.45, 2.75) is 72.5 Å². The Morgan fingerprint density at radius 2 is 1.75 bits per heavy atom. The minimum absolute atomic E-state index is 0.00985. The van der Waals surface area contributed by atoms with Crippen LogP contribution in [0.15, 0.2) is 42.5 Å². The maximum atomic E-state index is 13.3. The molecule has 2 amide bonds. The van der Waals surface area contributed by atoms with Crippen molar-refractivity contribution < 1.29 is 18.0 Å². The third-order valence-electron chi connectivity index (χ3n) is 6.34. The van der Waals surface area contributed by atoms with Crippen LogP contribution in [0.3, 0.4) is 0 Å². The molecule has 2 atom stereocenters. The highest BCUT2D eigenvalue weighted by Crippen LogP contribution is 2.22. The number of nitrogens with zero attached hydrogens (tertiary/aromatic N) is 2. The summed E-state index contributed by atoms with van der Waals surface area (Å²) < 4.78 is 26.3. The maximum absolute atomic E-state index is 13.3. The lowest BCUT2D eigenvalue weighted by Gasteiger charge is -2.30. The molecule has 2 aromatic carbocycles. The fraction of sp³-hybridized carbons (Fsp3) is 0.481. The molecule has 1 N–H and O–H groups in total. The van der Waals surface area contributed by atoms with E-state index in [1.54, 1.807) is 31.2 Å². The molecule has 0 aromatic heterocycles. The molecule has 0 aliphatic rings. The van der Waals surface area contributed by atoms with Crippen LogP contribution in [0.1, 0.15) is 56.7 Å². The number of hydrogen-bond acceptors (Lipinski definition) is 4. The lowest BCUT2D eigenvalue weighted by atomic mass is 10.1. The van der Waals surface area contributed by atoms with Crippen molar-refractivity contribution in [2.24, 2.45) is 0 Å². The summed E-state index contributed by atoms with van der Waals surface area (Å²) in [5.74, 6) is -0.456. The second-order valence-electron chi connectivity index (χ2n) is 9.35. The highest BCUT2D eigenvalue weighted by Gasteiger charge is 2.27. The molecule has 0 unspecified atom stereocenters. The number of halogens is 1. The zero-order valence-electron chi connectivity index (χ0n) is 22.0. The van der Waals surface area contributed by atoms with E-state index < -0.39 is 16.1 Å². The van der Waals surface area contributed by atoms with Crippen molar-refractivity contribution >= 4 is 39.1 Å². The van der Waals surface area contributed by atoms with Crippen LogP contribution in [0, 0.1) is 13.8 Å². The van der Waals surface area contributed by atoms with Crippen LogP contribution < -0.4 is 9.62 Å². The molecule has 0 heterocycles. The van der Waals surface area contributed by atoms with Crippen LogP contribution in [-0.2, 0) is 26.2 Å². The molecule has 0 spiro atoms. The topological polar surface area (TPSA) is 86.8 Å². The molecule has 0 aliphatic carbocycles. The first-order chi connectivity index (χ1) is 16.8. The third kappa shape index (κ3) is 8.52. The number of nitrogens with one attached hydrogen (secondary N) is 1.